The molecule has 3 nitrogen and oxygen atoms in total. The zero-order valence-corrected chi connectivity index (χ0v) is 13.4. The highest BCUT2D eigenvalue weighted by Gasteiger charge is 2.37. The van der Waals surface area contributed by atoms with Gasteiger partial charge in [0.1, 0.15) is 6.61 Å². The Hall–Kier alpha value is -2.39. The third-order valence-corrected chi connectivity index (χ3v) is 5.12. The van der Waals surface area contributed by atoms with Crippen molar-refractivity contribution in [2.75, 3.05) is 13.2 Å². The Morgan fingerprint density at radius 2 is 1.92 bits per heavy atom. The monoisotopic (exact) mass is 320 g/mol. The van der Waals surface area contributed by atoms with E-state index in [2.05, 4.69) is 42.5 Å². The molecule has 0 radical (unpaired) electrons. The zero-order valence-electron chi connectivity index (χ0n) is 13.4. The van der Waals surface area contributed by atoms with Crippen LogP contribution in [0.5, 0.6) is 0 Å². The van der Waals surface area contributed by atoms with Crippen LogP contribution in [0.1, 0.15) is 45.3 Å². The topological polar surface area (TPSA) is 46.5 Å². The minimum Gasteiger partial charge on any atom is -0.460 e. The van der Waals surface area contributed by atoms with E-state index in [4.69, 9.17) is 9.84 Å². The Morgan fingerprint density at radius 3 is 2.62 bits per heavy atom. The van der Waals surface area contributed by atoms with Crippen LogP contribution >= 0.6 is 0 Å². The number of aliphatic hydroxyl groups is 1. The third-order valence-electron chi connectivity index (χ3n) is 5.12. The predicted molar refractivity (Wildman–Crippen MR) is 92.1 cm³/mol. The van der Waals surface area contributed by atoms with Crippen molar-refractivity contribution in [1.82, 2.24) is 0 Å². The van der Waals surface area contributed by atoms with E-state index in [0.717, 1.165) is 6.42 Å². The largest absolute Gasteiger partial charge is 0.460 e. The molecule has 0 bridgehead atoms. The summed E-state index contributed by atoms with van der Waals surface area (Å²) < 4.78 is 5.07. The molecule has 1 N–H and O–H groups in total. The van der Waals surface area contributed by atoms with Gasteiger partial charge in [0.05, 0.1) is 12.2 Å². The van der Waals surface area contributed by atoms with Crippen molar-refractivity contribution in [3.05, 3.63) is 82.9 Å². The molecule has 3 atom stereocenters. The van der Waals surface area contributed by atoms with Gasteiger partial charge in [-0.3, -0.25) is 0 Å². The molecule has 122 valence electrons. The Labute approximate surface area is 141 Å². The van der Waals surface area contributed by atoms with Crippen LogP contribution < -0.4 is 0 Å². The molecule has 3 unspecified atom stereocenters. The number of allylic oxidation sites excluding steroid dienone is 2. The fraction of sp³-hybridized carbons (Fsp3) is 0.286. The molecule has 0 saturated heterocycles. The van der Waals surface area contributed by atoms with E-state index in [1.165, 1.54) is 16.7 Å². The van der Waals surface area contributed by atoms with E-state index in [0.29, 0.717) is 23.3 Å². The number of ether oxygens (including phenoxy) is 1. The van der Waals surface area contributed by atoms with Crippen LogP contribution in [-0.2, 0) is 4.74 Å². The molecule has 0 saturated carbocycles. The average molecular weight is 320 g/mol. The average Bonchev–Trinajstić information content (AvgIpc) is 2.60. The summed E-state index contributed by atoms with van der Waals surface area (Å²) >= 11 is 0. The van der Waals surface area contributed by atoms with E-state index < -0.39 is 0 Å². The molecule has 3 heteroatoms. The summed E-state index contributed by atoms with van der Waals surface area (Å²) in [5.41, 5.74) is 4.40. The second-order valence-corrected chi connectivity index (χ2v) is 6.48. The van der Waals surface area contributed by atoms with Gasteiger partial charge in [-0.2, -0.15) is 0 Å². The van der Waals surface area contributed by atoms with Gasteiger partial charge in [-0.15, -0.1) is 0 Å². The number of hydrogen-bond donors (Lipinski definition) is 1. The molecule has 0 aliphatic heterocycles. The van der Waals surface area contributed by atoms with Crippen LogP contribution in [0.4, 0.5) is 0 Å². The minimum absolute atomic E-state index is 0.0332. The molecule has 0 amide bonds. The lowest BCUT2D eigenvalue weighted by atomic mass is 9.63. The van der Waals surface area contributed by atoms with Crippen molar-refractivity contribution in [2.45, 2.75) is 18.3 Å². The predicted octanol–water partition coefficient (Wildman–Crippen LogP) is 3.64. The molecular weight excluding hydrogens is 300 g/mol. The maximum absolute atomic E-state index is 12.1. The summed E-state index contributed by atoms with van der Waals surface area (Å²) in [6, 6.07) is 16.4. The number of fused-ring (bicyclic) bond motifs is 3. The summed E-state index contributed by atoms with van der Waals surface area (Å²) in [6.07, 6.45) is 5.63. The van der Waals surface area contributed by atoms with E-state index in [1.54, 1.807) is 0 Å². The van der Waals surface area contributed by atoms with Gasteiger partial charge < -0.3 is 9.84 Å². The first-order valence-electron chi connectivity index (χ1n) is 8.43. The van der Waals surface area contributed by atoms with Crippen molar-refractivity contribution in [2.24, 2.45) is 5.92 Å². The fourth-order valence-electron chi connectivity index (χ4n) is 3.87. The quantitative estimate of drug-likeness (QED) is 0.691. The molecule has 0 heterocycles. The third kappa shape index (κ3) is 2.55. The minimum atomic E-state index is -0.370. The van der Waals surface area contributed by atoms with Crippen molar-refractivity contribution in [3.63, 3.8) is 0 Å². The second-order valence-electron chi connectivity index (χ2n) is 6.48. The number of carbonyl (C=O) groups excluding carboxylic acids is 1. The van der Waals surface area contributed by atoms with Crippen molar-refractivity contribution in [1.29, 1.82) is 0 Å². The molecule has 24 heavy (non-hydrogen) atoms. The molecule has 0 fully saturated rings. The van der Waals surface area contributed by atoms with Gasteiger partial charge in [-0.05, 0) is 41.2 Å². The molecular formula is C21H20O3. The van der Waals surface area contributed by atoms with Crippen molar-refractivity contribution >= 4 is 5.97 Å². The van der Waals surface area contributed by atoms with Gasteiger partial charge >= 0.3 is 5.97 Å². The van der Waals surface area contributed by atoms with Gasteiger partial charge in [0.2, 0.25) is 0 Å². The van der Waals surface area contributed by atoms with Gasteiger partial charge in [0, 0.05) is 11.8 Å². The number of esters is 1. The summed E-state index contributed by atoms with van der Waals surface area (Å²) in [5, 5.41) is 8.83. The number of aliphatic hydroxyl groups excluding tert-OH is 1. The van der Waals surface area contributed by atoms with Crippen LogP contribution in [0.2, 0.25) is 0 Å². The van der Waals surface area contributed by atoms with Gasteiger partial charge in [-0.1, -0.05) is 48.6 Å². The van der Waals surface area contributed by atoms with Crippen LogP contribution in [0.3, 0.4) is 0 Å². The molecule has 2 aromatic rings. The van der Waals surface area contributed by atoms with Crippen molar-refractivity contribution in [3.8, 4) is 0 Å². The Balaban J connectivity index is 1.74. The Morgan fingerprint density at radius 1 is 1.08 bits per heavy atom. The first kappa shape index (κ1) is 15.2. The Bertz CT molecular complexity index is 779. The molecule has 0 aromatic heterocycles. The summed E-state index contributed by atoms with van der Waals surface area (Å²) in [5.74, 6) is 1.00. The lowest BCUT2D eigenvalue weighted by Gasteiger charge is -2.40. The molecule has 4 rings (SSSR count). The number of benzene rings is 2. The van der Waals surface area contributed by atoms with Crippen molar-refractivity contribution < 1.29 is 14.6 Å². The van der Waals surface area contributed by atoms with E-state index in [-0.39, 0.29) is 19.2 Å². The molecule has 0 spiro atoms. The first-order chi connectivity index (χ1) is 11.8. The number of rotatable bonds is 4. The van der Waals surface area contributed by atoms with E-state index in [1.807, 2.05) is 18.2 Å². The maximum Gasteiger partial charge on any atom is 0.338 e. The normalized spacial score (nSPS) is 23.8. The summed E-state index contributed by atoms with van der Waals surface area (Å²) in [7, 11) is 0. The zero-order chi connectivity index (χ0) is 16.5. The highest BCUT2D eigenvalue weighted by atomic mass is 16.5. The van der Waals surface area contributed by atoms with Gasteiger partial charge in [0.25, 0.3) is 0 Å². The molecule has 2 aliphatic carbocycles. The highest BCUT2D eigenvalue weighted by Crippen LogP contribution is 2.50. The van der Waals surface area contributed by atoms with Crippen LogP contribution in [0, 0.1) is 5.92 Å². The number of carbonyl (C=O) groups is 1. The standard InChI is InChI=1S/C21H20O3/c22-10-11-24-21(23)16-7-9-18-17-8-6-15(17)12-19(20(18)13-16)14-4-2-1-3-5-14/h1-9,13,15,17,19,22H,10-12H2. The second kappa shape index (κ2) is 6.25. The smallest absolute Gasteiger partial charge is 0.338 e. The maximum atomic E-state index is 12.1. The van der Waals surface area contributed by atoms with E-state index >= 15 is 0 Å². The lowest BCUT2D eigenvalue weighted by molar-refractivity contribution is 0.0433. The van der Waals surface area contributed by atoms with Gasteiger partial charge in [0.15, 0.2) is 0 Å². The fourth-order valence-corrected chi connectivity index (χ4v) is 3.87. The first-order valence-corrected chi connectivity index (χ1v) is 8.43. The van der Waals surface area contributed by atoms with Crippen LogP contribution in [0.25, 0.3) is 0 Å². The van der Waals surface area contributed by atoms with Crippen LogP contribution in [-0.4, -0.2) is 24.3 Å². The highest BCUT2D eigenvalue weighted by molar-refractivity contribution is 5.90. The van der Waals surface area contributed by atoms with Crippen LogP contribution in [0.15, 0.2) is 60.7 Å². The van der Waals surface area contributed by atoms with E-state index in [9.17, 15) is 4.79 Å². The lowest BCUT2D eigenvalue weighted by Crippen LogP contribution is -2.27. The van der Waals surface area contributed by atoms with Gasteiger partial charge in [-0.25, -0.2) is 4.79 Å². The Kier molecular flexibility index (Phi) is 3.95. The summed E-state index contributed by atoms with van der Waals surface area (Å²) in [6.45, 7) is -0.122. The number of hydrogen-bond acceptors (Lipinski definition) is 3. The SMILES string of the molecule is O=C(OCCO)c1ccc2c(c1)C(c1ccccc1)CC1C=CC21. The summed E-state index contributed by atoms with van der Waals surface area (Å²) in [4.78, 5) is 12.1. The molecule has 2 aliphatic rings. The molecule has 2 aromatic carbocycles.